The lowest BCUT2D eigenvalue weighted by Gasteiger charge is -2.09. The van der Waals surface area contributed by atoms with E-state index in [1.807, 2.05) is 6.92 Å². The highest BCUT2D eigenvalue weighted by Crippen LogP contribution is 2.19. The molecule has 106 valence electrons. The Hall–Kier alpha value is -2.35. The Kier molecular flexibility index (Phi) is 3.49. The van der Waals surface area contributed by atoms with Gasteiger partial charge in [0, 0.05) is 7.05 Å². The molecule has 0 saturated carbocycles. The van der Waals surface area contributed by atoms with E-state index in [4.69, 9.17) is 5.11 Å². The molecule has 20 heavy (non-hydrogen) atoms. The molecule has 0 aliphatic rings. The van der Waals surface area contributed by atoms with E-state index in [0.29, 0.717) is 0 Å². The normalized spacial score (nSPS) is 11.3. The van der Waals surface area contributed by atoms with Crippen molar-refractivity contribution < 1.29 is 18.3 Å². The Morgan fingerprint density at radius 3 is 2.45 bits per heavy atom. The lowest BCUT2D eigenvalue weighted by atomic mass is 10.2. The number of aromatic carboxylic acids is 1. The summed E-state index contributed by atoms with van der Waals surface area (Å²) in [6.07, 6.45) is 1.09. The van der Waals surface area contributed by atoms with Gasteiger partial charge in [-0.25, -0.2) is 13.2 Å². The van der Waals surface area contributed by atoms with Crippen molar-refractivity contribution in [2.45, 2.75) is 11.8 Å². The summed E-state index contributed by atoms with van der Waals surface area (Å²) in [6.45, 7) is 1.84. The van der Waals surface area contributed by atoms with Crippen molar-refractivity contribution in [3.05, 3.63) is 41.6 Å². The zero-order valence-corrected chi connectivity index (χ0v) is 11.7. The monoisotopic (exact) mass is 295 g/mol. The van der Waals surface area contributed by atoms with E-state index in [9.17, 15) is 13.2 Å². The van der Waals surface area contributed by atoms with Gasteiger partial charge in [0.25, 0.3) is 10.0 Å². The van der Waals surface area contributed by atoms with E-state index in [1.165, 1.54) is 19.2 Å². The van der Waals surface area contributed by atoms with Crippen molar-refractivity contribution in [3.8, 4) is 0 Å². The molecule has 2 rings (SSSR count). The van der Waals surface area contributed by atoms with Gasteiger partial charge in [0.2, 0.25) is 0 Å². The van der Waals surface area contributed by atoms with E-state index in [0.717, 1.165) is 16.4 Å². The summed E-state index contributed by atoms with van der Waals surface area (Å²) in [6, 6.07) is 6.23. The number of carbonyl (C=O) groups is 1. The molecule has 0 aliphatic carbocycles. The molecule has 0 aliphatic heterocycles. The van der Waals surface area contributed by atoms with Gasteiger partial charge < -0.3 is 5.11 Å². The zero-order valence-electron chi connectivity index (χ0n) is 10.9. The first-order valence-electron chi connectivity index (χ1n) is 5.66. The Morgan fingerprint density at radius 1 is 1.30 bits per heavy atom. The van der Waals surface area contributed by atoms with Crippen molar-refractivity contribution in [2.24, 2.45) is 7.05 Å². The van der Waals surface area contributed by atoms with Crippen molar-refractivity contribution >= 4 is 21.8 Å². The summed E-state index contributed by atoms with van der Waals surface area (Å²) in [7, 11) is -2.39. The molecular formula is C12H13N3O4S. The first kappa shape index (κ1) is 14.1. The average molecular weight is 295 g/mol. The summed E-state index contributed by atoms with van der Waals surface area (Å²) >= 11 is 0. The average Bonchev–Trinajstić information content (AvgIpc) is 2.71. The van der Waals surface area contributed by atoms with E-state index in [1.54, 1.807) is 12.1 Å². The number of nitrogens with one attached hydrogen (secondary N) is 1. The predicted molar refractivity (Wildman–Crippen MR) is 72.2 cm³/mol. The second-order valence-electron chi connectivity index (χ2n) is 4.25. The summed E-state index contributed by atoms with van der Waals surface area (Å²) in [5.41, 5.74) is 0.721. The molecule has 0 atom stereocenters. The van der Waals surface area contributed by atoms with E-state index in [-0.39, 0.29) is 16.3 Å². The van der Waals surface area contributed by atoms with Crippen LogP contribution in [0.1, 0.15) is 15.9 Å². The topological polar surface area (TPSA) is 101 Å². The largest absolute Gasteiger partial charge is 0.477 e. The van der Waals surface area contributed by atoms with Crippen LogP contribution in [0.3, 0.4) is 0 Å². The van der Waals surface area contributed by atoms with Crippen LogP contribution in [0.25, 0.3) is 0 Å². The number of benzene rings is 1. The summed E-state index contributed by atoms with van der Waals surface area (Å²) < 4.78 is 27.8. The number of hydrogen-bond acceptors (Lipinski definition) is 4. The molecule has 1 heterocycles. The summed E-state index contributed by atoms with van der Waals surface area (Å²) in [5.74, 6) is -1.34. The van der Waals surface area contributed by atoms with Crippen molar-refractivity contribution in [3.63, 3.8) is 0 Å². The Balaban J connectivity index is 2.41. The number of carboxylic acid groups (broad SMARTS) is 1. The van der Waals surface area contributed by atoms with Crippen molar-refractivity contribution in [1.29, 1.82) is 0 Å². The summed E-state index contributed by atoms with van der Waals surface area (Å²) in [5, 5.41) is 12.7. The van der Waals surface area contributed by atoms with E-state index >= 15 is 0 Å². The minimum Gasteiger partial charge on any atom is -0.477 e. The summed E-state index contributed by atoms with van der Waals surface area (Å²) in [4.78, 5) is 11.1. The fourth-order valence-corrected chi connectivity index (χ4v) is 2.73. The Bertz CT molecular complexity index is 748. The molecule has 0 unspecified atom stereocenters. The molecule has 2 N–H and O–H groups in total. The van der Waals surface area contributed by atoms with Gasteiger partial charge in [-0.1, -0.05) is 17.7 Å². The molecule has 0 spiro atoms. The van der Waals surface area contributed by atoms with Crippen LogP contribution in [-0.2, 0) is 17.1 Å². The maximum absolute atomic E-state index is 12.2. The van der Waals surface area contributed by atoms with E-state index in [2.05, 4.69) is 9.82 Å². The maximum atomic E-state index is 12.2. The fourth-order valence-electron chi connectivity index (χ4n) is 1.62. The molecule has 2 aromatic rings. The number of hydrogen-bond donors (Lipinski definition) is 2. The van der Waals surface area contributed by atoms with Gasteiger partial charge in [-0.2, -0.15) is 5.10 Å². The Morgan fingerprint density at radius 2 is 1.90 bits per heavy atom. The molecule has 0 amide bonds. The fraction of sp³-hybridized carbons (Fsp3) is 0.167. The minimum absolute atomic E-state index is 0.0561. The number of sulfonamides is 1. The van der Waals surface area contributed by atoms with E-state index < -0.39 is 16.0 Å². The van der Waals surface area contributed by atoms with Crippen LogP contribution in [0.5, 0.6) is 0 Å². The SMILES string of the molecule is Cc1ccc(S(=O)(=O)Nc2c(C(=O)O)cnn2C)cc1. The number of aromatic nitrogens is 2. The number of carboxylic acids is 1. The third-order valence-electron chi connectivity index (χ3n) is 2.73. The zero-order chi connectivity index (χ0) is 14.9. The quantitative estimate of drug-likeness (QED) is 0.883. The number of aryl methyl sites for hydroxylation is 2. The van der Waals surface area contributed by atoms with Gasteiger partial charge >= 0.3 is 5.97 Å². The second-order valence-corrected chi connectivity index (χ2v) is 5.94. The first-order valence-corrected chi connectivity index (χ1v) is 7.14. The van der Waals surface area contributed by atoms with Gasteiger partial charge in [-0.05, 0) is 19.1 Å². The number of anilines is 1. The van der Waals surface area contributed by atoms with Gasteiger partial charge in [-0.3, -0.25) is 9.40 Å². The molecule has 0 fully saturated rings. The highest BCUT2D eigenvalue weighted by Gasteiger charge is 2.21. The highest BCUT2D eigenvalue weighted by molar-refractivity contribution is 7.92. The van der Waals surface area contributed by atoms with Crippen molar-refractivity contribution in [1.82, 2.24) is 9.78 Å². The molecule has 1 aromatic carbocycles. The smallest absolute Gasteiger partial charge is 0.341 e. The third-order valence-corrected chi connectivity index (χ3v) is 4.09. The van der Waals surface area contributed by atoms with Crippen LogP contribution in [0.15, 0.2) is 35.4 Å². The molecular weight excluding hydrogens is 282 g/mol. The lowest BCUT2D eigenvalue weighted by molar-refractivity contribution is 0.0698. The molecule has 0 radical (unpaired) electrons. The van der Waals surface area contributed by atoms with Crippen LogP contribution in [0.2, 0.25) is 0 Å². The van der Waals surface area contributed by atoms with Gasteiger partial charge in [-0.15, -0.1) is 0 Å². The van der Waals surface area contributed by atoms with Crippen LogP contribution in [-0.4, -0.2) is 29.3 Å². The standard InChI is InChI=1S/C12H13N3O4S/c1-8-3-5-9(6-4-8)20(18,19)14-11-10(12(16)17)7-13-15(11)2/h3-7,14H,1-2H3,(H,16,17). The highest BCUT2D eigenvalue weighted by atomic mass is 32.2. The molecule has 0 saturated heterocycles. The number of rotatable bonds is 4. The first-order chi connectivity index (χ1) is 9.31. The van der Waals surface area contributed by atoms with Crippen LogP contribution in [0, 0.1) is 6.92 Å². The second kappa shape index (κ2) is 4.97. The molecule has 0 bridgehead atoms. The van der Waals surface area contributed by atoms with Gasteiger partial charge in [0.1, 0.15) is 5.56 Å². The van der Waals surface area contributed by atoms with Gasteiger partial charge in [0.15, 0.2) is 5.82 Å². The lowest BCUT2D eigenvalue weighted by Crippen LogP contribution is -2.17. The predicted octanol–water partition coefficient (Wildman–Crippen LogP) is 1.23. The molecule has 1 aromatic heterocycles. The van der Waals surface area contributed by atoms with Gasteiger partial charge in [0.05, 0.1) is 11.1 Å². The molecule has 8 heteroatoms. The number of nitrogens with zero attached hydrogens (tertiary/aromatic N) is 2. The van der Waals surface area contributed by atoms with Crippen LogP contribution < -0.4 is 4.72 Å². The van der Waals surface area contributed by atoms with Crippen LogP contribution >= 0.6 is 0 Å². The third kappa shape index (κ3) is 2.64. The molecule has 7 nitrogen and oxygen atoms in total. The maximum Gasteiger partial charge on any atom is 0.341 e. The van der Waals surface area contributed by atoms with Crippen molar-refractivity contribution in [2.75, 3.05) is 4.72 Å². The minimum atomic E-state index is -3.85. The Labute approximate surface area is 115 Å². The van der Waals surface area contributed by atoms with Crippen LogP contribution in [0.4, 0.5) is 5.82 Å².